The second kappa shape index (κ2) is 10.7. The Morgan fingerprint density at radius 3 is 2.38 bits per heavy atom. The summed E-state index contributed by atoms with van der Waals surface area (Å²) in [5.74, 6) is 1.50. The van der Waals surface area contributed by atoms with Crippen LogP contribution in [0, 0.1) is 19.7 Å². The van der Waals surface area contributed by atoms with Crippen molar-refractivity contribution in [3.8, 4) is 11.5 Å². The van der Waals surface area contributed by atoms with Crippen molar-refractivity contribution in [2.45, 2.75) is 33.4 Å². The minimum atomic E-state index is -0.353. The lowest BCUT2D eigenvalue weighted by atomic mass is 10.1. The standard InChI is InChI=1S/C26H30FN3O4/c1-18-23(19(2)34-28-18)17-33-22-7-4-20(5-8-22)15-26(31)30-12-10-29(11-13-30)16-21-6-9-25(32-3)24(27)14-21/h4-9,14H,10-13,15-17H2,1-3H3. The van der Waals surface area contributed by atoms with Gasteiger partial charge in [-0.3, -0.25) is 9.69 Å². The van der Waals surface area contributed by atoms with Crippen molar-refractivity contribution in [1.82, 2.24) is 15.0 Å². The predicted octanol–water partition coefficient (Wildman–Crippen LogP) is 3.91. The van der Waals surface area contributed by atoms with Crippen molar-refractivity contribution in [2.75, 3.05) is 33.3 Å². The number of carbonyl (C=O) groups excluding carboxylic acids is 1. The molecule has 0 unspecified atom stereocenters. The molecule has 8 heteroatoms. The molecule has 1 aliphatic heterocycles. The third-order valence-corrected chi connectivity index (χ3v) is 6.19. The van der Waals surface area contributed by atoms with Gasteiger partial charge in [-0.15, -0.1) is 0 Å². The normalized spacial score (nSPS) is 14.3. The van der Waals surface area contributed by atoms with Crippen molar-refractivity contribution >= 4 is 5.91 Å². The quantitative estimate of drug-likeness (QED) is 0.501. The molecule has 2 heterocycles. The first-order valence-electron chi connectivity index (χ1n) is 11.4. The summed E-state index contributed by atoms with van der Waals surface area (Å²) >= 11 is 0. The highest BCUT2D eigenvalue weighted by molar-refractivity contribution is 5.79. The van der Waals surface area contributed by atoms with Gasteiger partial charge in [-0.25, -0.2) is 4.39 Å². The minimum Gasteiger partial charge on any atom is -0.494 e. The van der Waals surface area contributed by atoms with Crippen LogP contribution in [0.4, 0.5) is 4.39 Å². The number of methoxy groups -OCH3 is 1. The van der Waals surface area contributed by atoms with E-state index in [9.17, 15) is 9.18 Å². The number of aromatic nitrogens is 1. The Balaban J connectivity index is 1.23. The lowest BCUT2D eigenvalue weighted by Gasteiger charge is -2.35. The van der Waals surface area contributed by atoms with Crippen LogP contribution < -0.4 is 9.47 Å². The van der Waals surface area contributed by atoms with Gasteiger partial charge in [-0.05, 0) is 49.2 Å². The van der Waals surface area contributed by atoms with Crippen molar-refractivity contribution in [2.24, 2.45) is 0 Å². The largest absolute Gasteiger partial charge is 0.494 e. The first-order valence-corrected chi connectivity index (χ1v) is 11.4. The van der Waals surface area contributed by atoms with Crippen LogP contribution >= 0.6 is 0 Å². The van der Waals surface area contributed by atoms with Crippen molar-refractivity contribution in [1.29, 1.82) is 0 Å². The third kappa shape index (κ3) is 5.75. The van der Waals surface area contributed by atoms with E-state index < -0.39 is 0 Å². The Bertz CT molecular complexity index is 1100. The van der Waals surface area contributed by atoms with Gasteiger partial charge in [0.1, 0.15) is 18.1 Å². The fourth-order valence-electron chi connectivity index (χ4n) is 4.08. The molecular weight excluding hydrogens is 437 g/mol. The van der Waals surface area contributed by atoms with Gasteiger partial charge in [0.05, 0.1) is 24.8 Å². The van der Waals surface area contributed by atoms with Gasteiger partial charge in [0.25, 0.3) is 0 Å². The summed E-state index contributed by atoms with van der Waals surface area (Å²) in [6, 6.07) is 12.7. The van der Waals surface area contributed by atoms with Gasteiger partial charge in [0, 0.05) is 32.7 Å². The van der Waals surface area contributed by atoms with Gasteiger partial charge in [-0.2, -0.15) is 0 Å². The van der Waals surface area contributed by atoms with Gasteiger partial charge in [0.2, 0.25) is 5.91 Å². The van der Waals surface area contributed by atoms with Gasteiger partial charge in [-0.1, -0.05) is 23.4 Å². The predicted molar refractivity (Wildman–Crippen MR) is 125 cm³/mol. The number of amides is 1. The summed E-state index contributed by atoms with van der Waals surface area (Å²) in [6.07, 6.45) is 0.355. The van der Waals surface area contributed by atoms with E-state index in [1.807, 2.05) is 49.1 Å². The summed E-state index contributed by atoms with van der Waals surface area (Å²) in [4.78, 5) is 16.9. The zero-order valence-corrected chi connectivity index (χ0v) is 19.8. The van der Waals surface area contributed by atoms with E-state index in [0.717, 1.165) is 47.0 Å². The van der Waals surface area contributed by atoms with Crippen LogP contribution in [0.1, 0.15) is 28.1 Å². The number of halogens is 1. The van der Waals surface area contributed by atoms with Crippen LogP contribution in [0.3, 0.4) is 0 Å². The Labute approximate surface area is 199 Å². The monoisotopic (exact) mass is 467 g/mol. The average molecular weight is 468 g/mol. The molecular formula is C26H30FN3O4. The molecule has 1 amide bonds. The summed E-state index contributed by atoms with van der Waals surface area (Å²) in [7, 11) is 1.46. The maximum Gasteiger partial charge on any atom is 0.227 e. The average Bonchev–Trinajstić information content (AvgIpc) is 3.16. The second-order valence-electron chi connectivity index (χ2n) is 8.54. The number of hydrogen-bond donors (Lipinski definition) is 0. The zero-order chi connectivity index (χ0) is 24.1. The second-order valence-corrected chi connectivity index (χ2v) is 8.54. The molecule has 7 nitrogen and oxygen atoms in total. The molecule has 180 valence electrons. The number of benzene rings is 2. The number of piperazine rings is 1. The molecule has 1 aliphatic rings. The van der Waals surface area contributed by atoms with Gasteiger partial charge >= 0.3 is 0 Å². The van der Waals surface area contributed by atoms with Crippen LogP contribution in [-0.4, -0.2) is 54.2 Å². The summed E-state index contributed by atoms with van der Waals surface area (Å²) < 4.78 is 29.9. The third-order valence-electron chi connectivity index (χ3n) is 6.19. The molecule has 0 N–H and O–H groups in total. The molecule has 0 bridgehead atoms. The molecule has 0 atom stereocenters. The lowest BCUT2D eigenvalue weighted by molar-refractivity contribution is -0.132. The lowest BCUT2D eigenvalue weighted by Crippen LogP contribution is -2.48. The fraction of sp³-hybridized carbons (Fsp3) is 0.385. The topological polar surface area (TPSA) is 68.0 Å². The van der Waals surface area contributed by atoms with E-state index in [4.69, 9.17) is 14.0 Å². The molecule has 0 aliphatic carbocycles. The number of aryl methyl sites for hydroxylation is 2. The van der Waals surface area contributed by atoms with Crippen molar-refractivity contribution in [3.63, 3.8) is 0 Å². The van der Waals surface area contributed by atoms with Crippen LogP contribution in [0.25, 0.3) is 0 Å². The van der Waals surface area contributed by atoms with E-state index >= 15 is 0 Å². The number of carbonyl (C=O) groups is 1. The Kier molecular flexibility index (Phi) is 7.47. The van der Waals surface area contributed by atoms with Gasteiger partial charge in [0.15, 0.2) is 11.6 Å². The van der Waals surface area contributed by atoms with E-state index in [2.05, 4.69) is 10.1 Å². The molecule has 1 fully saturated rings. The van der Waals surface area contributed by atoms with Crippen LogP contribution in [0.5, 0.6) is 11.5 Å². The molecule has 1 aromatic heterocycles. The Morgan fingerprint density at radius 1 is 1.06 bits per heavy atom. The van der Waals surface area contributed by atoms with E-state index in [1.54, 1.807) is 6.07 Å². The number of nitrogens with zero attached hydrogens (tertiary/aromatic N) is 3. The smallest absolute Gasteiger partial charge is 0.227 e. The highest BCUT2D eigenvalue weighted by Gasteiger charge is 2.21. The fourth-order valence-corrected chi connectivity index (χ4v) is 4.08. The molecule has 1 saturated heterocycles. The van der Waals surface area contributed by atoms with Crippen LogP contribution in [0.15, 0.2) is 47.0 Å². The summed E-state index contributed by atoms with van der Waals surface area (Å²) in [6.45, 7) is 7.65. The molecule has 0 spiro atoms. The SMILES string of the molecule is COc1ccc(CN2CCN(C(=O)Cc3ccc(OCc4c(C)noc4C)cc3)CC2)cc1F. The molecule has 0 radical (unpaired) electrons. The zero-order valence-electron chi connectivity index (χ0n) is 19.8. The number of ether oxygens (including phenoxy) is 2. The van der Waals surface area contributed by atoms with Crippen LogP contribution in [-0.2, 0) is 24.4 Å². The Hall–Kier alpha value is -3.39. The maximum atomic E-state index is 13.9. The van der Waals surface area contributed by atoms with Crippen molar-refractivity contribution < 1.29 is 23.2 Å². The first-order chi connectivity index (χ1) is 16.4. The van der Waals surface area contributed by atoms with E-state index in [0.29, 0.717) is 32.7 Å². The number of hydrogen-bond acceptors (Lipinski definition) is 6. The molecule has 34 heavy (non-hydrogen) atoms. The van der Waals surface area contributed by atoms with E-state index in [-0.39, 0.29) is 17.5 Å². The molecule has 2 aromatic carbocycles. The summed E-state index contributed by atoms with van der Waals surface area (Å²) in [5, 5.41) is 3.94. The minimum absolute atomic E-state index is 0.111. The van der Waals surface area contributed by atoms with Crippen molar-refractivity contribution in [3.05, 3.63) is 76.4 Å². The molecule has 4 rings (SSSR count). The highest BCUT2D eigenvalue weighted by atomic mass is 19.1. The maximum absolute atomic E-state index is 13.9. The molecule has 3 aromatic rings. The number of rotatable bonds is 8. The van der Waals surface area contributed by atoms with Gasteiger partial charge < -0.3 is 18.9 Å². The first kappa shape index (κ1) is 23.8. The molecule has 0 saturated carbocycles. The highest BCUT2D eigenvalue weighted by Crippen LogP contribution is 2.20. The Morgan fingerprint density at radius 2 is 1.76 bits per heavy atom. The summed E-state index contributed by atoms with van der Waals surface area (Å²) in [5.41, 5.74) is 3.63. The van der Waals surface area contributed by atoms with Crippen LogP contribution in [0.2, 0.25) is 0 Å². The van der Waals surface area contributed by atoms with E-state index in [1.165, 1.54) is 13.2 Å².